The molecule has 0 unspecified atom stereocenters. The Balaban J connectivity index is 1.73. The summed E-state index contributed by atoms with van der Waals surface area (Å²) in [5, 5.41) is 6.95. The summed E-state index contributed by atoms with van der Waals surface area (Å²) in [4.78, 5) is 30.0. The van der Waals surface area contributed by atoms with Gasteiger partial charge in [-0.3, -0.25) is 19.3 Å². The second kappa shape index (κ2) is 6.82. The van der Waals surface area contributed by atoms with Gasteiger partial charge in [-0.15, -0.1) is 0 Å². The third-order valence-corrected chi connectivity index (χ3v) is 4.18. The van der Waals surface area contributed by atoms with Crippen molar-refractivity contribution in [2.24, 2.45) is 7.05 Å². The lowest BCUT2D eigenvalue weighted by atomic mass is 10.1. The largest absolute Gasteiger partial charge is 0.352 e. The molecule has 7 heteroatoms. The zero-order chi connectivity index (χ0) is 17.1. The molecule has 7 nitrogen and oxygen atoms in total. The van der Waals surface area contributed by atoms with Gasteiger partial charge in [-0.2, -0.15) is 5.10 Å². The van der Waals surface area contributed by atoms with Gasteiger partial charge in [-0.1, -0.05) is 6.07 Å². The van der Waals surface area contributed by atoms with Crippen LogP contribution in [-0.2, 0) is 18.4 Å². The first-order valence-corrected chi connectivity index (χ1v) is 8.04. The van der Waals surface area contributed by atoms with Crippen LogP contribution in [0.2, 0.25) is 0 Å². The summed E-state index contributed by atoms with van der Waals surface area (Å²) in [6.07, 6.45) is 5.38. The Kier molecular flexibility index (Phi) is 4.59. The lowest BCUT2D eigenvalue weighted by Gasteiger charge is -2.23. The van der Waals surface area contributed by atoms with Gasteiger partial charge in [-0.05, 0) is 30.5 Å². The van der Waals surface area contributed by atoms with Crippen molar-refractivity contribution in [1.82, 2.24) is 25.0 Å². The van der Waals surface area contributed by atoms with Gasteiger partial charge in [-0.25, -0.2) is 0 Å². The minimum Gasteiger partial charge on any atom is -0.352 e. The number of nitrogens with one attached hydrogen (secondary N) is 1. The number of likely N-dealkylation sites (tertiary alicyclic amines) is 1. The lowest BCUT2D eigenvalue weighted by molar-refractivity contribution is -0.119. The molecule has 3 heterocycles. The van der Waals surface area contributed by atoms with E-state index in [1.165, 1.54) is 6.92 Å². The monoisotopic (exact) mass is 327 g/mol. The van der Waals surface area contributed by atoms with E-state index in [-0.39, 0.29) is 17.9 Å². The third kappa shape index (κ3) is 3.45. The summed E-state index contributed by atoms with van der Waals surface area (Å²) in [5.41, 5.74) is 2.28. The number of hydrogen-bond donors (Lipinski definition) is 1. The molecule has 0 spiro atoms. The maximum Gasteiger partial charge on any atom is 0.274 e. The highest BCUT2D eigenvalue weighted by atomic mass is 16.2. The first-order valence-electron chi connectivity index (χ1n) is 8.04. The van der Waals surface area contributed by atoms with Crippen molar-refractivity contribution in [3.63, 3.8) is 0 Å². The fourth-order valence-electron chi connectivity index (χ4n) is 2.96. The van der Waals surface area contributed by atoms with Crippen LogP contribution >= 0.6 is 0 Å². The van der Waals surface area contributed by atoms with Gasteiger partial charge >= 0.3 is 0 Å². The van der Waals surface area contributed by atoms with E-state index in [2.05, 4.69) is 15.4 Å². The number of aromatic nitrogens is 3. The fraction of sp³-hybridized carbons (Fsp3) is 0.412. The van der Waals surface area contributed by atoms with Crippen LogP contribution in [0.3, 0.4) is 0 Å². The number of rotatable bonds is 4. The van der Waals surface area contributed by atoms with Gasteiger partial charge in [0, 0.05) is 39.5 Å². The molecule has 0 aromatic carbocycles. The Morgan fingerprint density at radius 3 is 2.79 bits per heavy atom. The molecule has 2 aromatic heterocycles. The number of carbonyl (C=O) groups is 2. The summed E-state index contributed by atoms with van der Waals surface area (Å²) in [7, 11) is 1.80. The van der Waals surface area contributed by atoms with Crippen molar-refractivity contribution in [1.29, 1.82) is 0 Å². The molecule has 0 aliphatic carbocycles. The molecule has 0 bridgehead atoms. The minimum absolute atomic E-state index is 0.0191. The van der Waals surface area contributed by atoms with Gasteiger partial charge in [0.2, 0.25) is 5.91 Å². The summed E-state index contributed by atoms with van der Waals surface area (Å²) in [5.74, 6) is -0.121. The summed E-state index contributed by atoms with van der Waals surface area (Å²) in [6, 6.07) is 5.60. The molecule has 2 amide bonds. The van der Waals surface area contributed by atoms with Gasteiger partial charge < -0.3 is 10.2 Å². The van der Waals surface area contributed by atoms with E-state index in [1.54, 1.807) is 30.2 Å². The Hall–Kier alpha value is -2.70. The van der Waals surface area contributed by atoms with Gasteiger partial charge in [0.05, 0.1) is 11.7 Å². The molecule has 1 atom stereocenters. The van der Waals surface area contributed by atoms with Crippen LogP contribution in [0.15, 0.2) is 30.6 Å². The van der Waals surface area contributed by atoms with Crippen molar-refractivity contribution < 1.29 is 9.59 Å². The second-order valence-corrected chi connectivity index (χ2v) is 6.03. The molecule has 0 radical (unpaired) electrons. The maximum absolute atomic E-state index is 12.7. The van der Waals surface area contributed by atoms with Crippen LogP contribution in [0.25, 0.3) is 0 Å². The van der Waals surface area contributed by atoms with E-state index in [9.17, 15) is 9.59 Å². The van der Waals surface area contributed by atoms with Crippen LogP contribution in [0, 0.1) is 0 Å². The highest BCUT2D eigenvalue weighted by molar-refractivity contribution is 5.92. The molecule has 1 N–H and O–H groups in total. The molecule has 0 saturated carbocycles. The predicted molar refractivity (Wildman–Crippen MR) is 88.0 cm³/mol. The molecule has 2 aromatic rings. The number of carbonyl (C=O) groups excluding carboxylic acids is 2. The molecule has 126 valence electrons. The van der Waals surface area contributed by atoms with Crippen molar-refractivity contribution in [2.45, 2.75) is 32.4 Å². The van der Waals surface area contributed by atoms with E-state index < -0.39 is 0 Å². The topological polar surface area (TPSA) is 80.1 Å². The molecular weight excluding hydrogens is 306 g/mol. The standard InChI is InChI=1S/C17H21N5O2/c1-12(23)18-10-13-5-6-14(19-11-13)16-4-3-8-22(16)17(24)15-7-9-21(2)20-15/h5-7,9,11,16H,3-4,8,10H2,1-2H3,(H,18,23)/t16-/m1/s1. The smallest absolute Gasteiger partial charge is 0.274 e. The molecule has 3 rings (SSSR count). The number of amides is 2. The summed E-state index contributed by atoms with van der Waals surface area (Å²) < 4.78 is 1.63. The van der Waals surface area contributed by atoms with Gasteiger partial charge in [0.15, 0.2) is 0 Å². The molecular formula is C17H21N5O2. The fourth-order valence-corrected chi connectivity index (χ4v) is 2.96. The number of pyridine rings is 1. The van der Waals surface area contributed by atoms with Crippen LogP contribution < -0.4 is 5.32 Å². The zero-order valence-corrected chi connectivity index (χ0v) is 13.9. The van der Waals surface area contributed by atoms with E-state index >= 15 is 0 Å². The predicted octanol–water partition coefficient (Wildman–Crippen LogP) is 1.43. The van der Waals surface area contributed by atoms with Crippen LogP contribution in [0.1, 0.15) is 47.6 Å². The summed E-state index contributed by atoms with van der Waals surface area (Å²) >= 11 is 0. The SMILES string of the molecule is CC(=O)NCc1ccc([C@H]2CCCN2C(=O)c2ccn(C)n2)nc1. The van der Waals surface area contributed by atoms with Gasteiger partial charge in [0.1, 0.15) is 5.69 Å². The first-order chi connectivity index (χ1) is 11.5. The van der Waals surface area contributed by atoms with Crippen LogP contribution in [0.5, 0.6) is 0 Å². The van der Waals surface area contributed by atoms with E-state index in [0.717, 1.165) is 30.6 Å². The highest BCUT2D eigenvalue weighted by Crippen LogP contribution is 2.31. The van der Waals surface area contributed by atoms with E-state index in [4.69, 9.17) is 0 Å². The highest BCUT2D eigenvalue weighted by Gasteiger charge is 2.32. The maximum atomic E-state index is 12.7. The van der Waals surface area contributed by atoms with E-state index in [1.807, 2.05) is 17.0 Å². The molecule has 24 heavy (non-hydrogen) atoms. The molecule has 1 aliphatic rings. The van der Waals surface area contributed by atoms with Crippen molar-refractivity contribution >= 4 is 11.8 Å². The Morgan fingerprint density at radius 2 is 2.17 bits per heavy atom. The van der Waals surface area contributed by atoms with E-state index in [0.29, 0.717) is 12.2 Å². The van der Waals surface area contributed by atoms with Crippen LogP contribution in [-0.4, -0.2) is 38.0 Å². The Labute approximate surface area is 140 Å². The third-order valence-electron chi connectivity index (χ3n) is 4.18. The average Bonchev–Trinajstić information content (AvgIpc) is 3.22. The quantitative estimate of drug-likeness (QED) is 0.921. The number of nitrogens with zero attached hydrogens (tertiary/aromatic N) is 4. The first kappa shape index (κ1) is 16.2. The lowest BCUT2D eigenvalue weighted by Crippen LogP contribution is -2.31. The molecule has 1 aliphatic heterocycles. The zero-order valence-electron chi connectivity index (χ0n) is 13.9. The Morgan fingerprint density at radius 1 is 1.33 bits per heavy atom. The average molecular weight is 327 g/mol. The molecule has 1 fully saturated rings. The van der Waals surface area contributed by atoms with Crippen LogP contribution in [0.4, 0.5) is 0 Å². The van der Waals surface area contributed by atoms with Crippen molar-refractivity contribution in [2.75, 3.05) is 6.54 Å². The number of hydrogen-bond acceptors (Lipinski definition) is 4. The van der Waals surface area contributed by atoms with Crippen molar-refractivity contribution in [3.05, 3.63) is 47.5 Å². The normalized spacial score (nSPS) is 17.1. The number of aryl methyl sites for hydroxylation is 1. The van der Waals surface area contributed by atoms with Gasteiger partial charge in [0.25, 0.3) is 5.91 Å². The Bertz CT molecular complexity index is 738. The summed E-state index contributed by atoms with van der Waals surface area (Å²) in [6.45, 7) is 2.67. The minimum atomic E-state index is -0.0676. The molecule has 1 saturated heterocycles. The second-order valence-electron chi connectivity index (χ2n) is 6.03. The van der Waals surface area contributed by atoms with Crippen molar-refractivity contribution in [3.8, 4) is 0 Å².